The molecule has 0 aromatic heterocycles. The molecule has 2 rings (SSSR count). The summed E-state index contributed by atoms with van der Waals surface area (Å²) >= 11 is 0. The number of amides is 4. The van der Waals surface area contributed by atoms with E-state index in [0.29, 0.717) is 0 Å². The van der Waals surface area contributed by atoms with Crippen molar-refractivity contribution < 1.29 is 34.2 Å². The van der Waals surface area contributed by atoms with Gasteiger partial charge in [-0.2, -0.15) is 0 Å². The van der Waals surface area contributed by atoms with Crippen LogP contribution in [0.3, 0.4) is 0 Å². The van der Waals surface area contributed by atoms with Crippen molar-refractivity contribution in [1.29, 1.82) is 0 Å². The van der Waals surface area contributed by atoms with Gasteiger partial charge in [-0.1, -0.05) is 0 Å². The molecule has 2 aliphatic rings. The monoisotopic (exact) mass is 306 g/mol. The first-order valence-corrected chi connectivity index (χ1v) is 5.43. The minimum Gasteiger partial charge on any atom is -0.412 e. The van der Waals surface area contributed by atoms with Crippen LogP contribution in [0.4, 0.5) is 9.59 Å². The van der Waals surface area contributed by atoms with Gasteiger partial charge in [-0.15, -0.1) is 0 Å². The van der Waals surface area contributed by atoms with Crippen molar-refractivity contribution in [2.75, 3.05) is 26.2 Å². The Morgan fingerprint density at radius 1 is 0.571 bits per heavy atom. The molecule has 4 amide bonds. The van der Waals surface area contributed by atoms with E-state index in [1.165, 1.54) is 0 Å². The van der Waals surface area contributed by atoms with Crippen LogP contribution >= 0.6 is 0 Å². The predicted molar refractivity (Wildman–Crippen MR) is 70.7 cm³/mol. The molecular formula is C10H18N4O7. The van der Waals surface area contributed by atoms with Crippen LogP contribution in [0.5, 0.6) is 0 Å². The van der Waals surface area contributed by atoms with Crippen molar-refractivity contribution in [1.82, 2.24) is 21.3 Å². The van der Waals surface area contributed by atoms with Gasteiger partial charge in [-0.25, -0.2) is 9.59 Å². The summed E-state index contributed by atoms with van der Waals surface area (Å²) in [6.07, 6.45) is 0.778. The summed E-state index contributed by atoms with van der Waals surface area (Å²) in [5, 5.41) is 10.3. The minimum atomic E-state index is -0.0463. The van der Waals surface area contributed by atoms with E-state index < -0.39 is 0 Å². The highest BCUT2D eigenvalue weighted by Gasteiger charge is 2.03. The third-order valence-corrected chi connectivity index (χ3v) is 1.50. The first-order valence-electron chi connectivity index (χ1n) is 5.43. The summed E-state index contributed by atoms with van der Waals surface area (Å²) in [5.41, 5.74) is 0. The Kier molecular flexibility index (Phi) is 21.6. The Bertz CT molecular complexity index is 275. The van der Waals surface area contributed by atoms with E-state index in [0.717, 1.165) is 26.2 Å². The number of rotatable bonds is 2. The number of carbonyl (C=O) groups excluding carboxylic acids is 6. The van der Waals surface area contributed by atoms with Crippen LogP contribution in [0.2, 0.25) is 0 Å². The van der Waals surface area contributed by atoms with Crippen LogP contribution in [-0.2, 0) is 19.2 Å². The summed E-state index contributed by atoms with van der Waals surface area (Å²) in [4.78, 5) is 55.3. The molecule has 6 N–H and O–H groups in total. The number of carbonyl (C=O) groups is 6. The van der Waals surface area contributed by atoms with Crippen LogP contribution in [0.25, 0.3) is 0 Å². The molecule has 0 aliphatic carbocycles. The molecule has 2 fully saturated rings. The lowest BCUT2D eigenvalue weighted by Crippen LogP contribution is -2.20. The lowest BCUT2D eigenvalue weighted by molar-refractivity contribution is -0.122. The van der Waals surface area contributed by atoms with Crippen LogP contribution in [0.1, 0.15) is 0 Å². The second kappa shape index (κ2) is 19.5. The van der Waals surface area contributed by atoms with Gasteiger partial charge in [0.25, 0.3) is 0 Å². The van der Waals surface area contributed by atoms with Crippen molar-refractivity contribution in [3.05, 3.63) is 0 Å². The molecule has 0 radical (unpaired) electrons. The Morgan fingerprint density at radius 3 is 0.810 bits per heavy atom. The molecule has 0 aromatic carbocycles. The van der Waals surface area contributed by atoms with Crippen LogP contribution in [0, 0.1) is 0 Å². The van der Waals surface area contributed by atoms with E-state index in [2.05, 4.69) is 21.3 Å². The molecule has 2 aliphatic heterocycles. The minimum absolute atomic E-state index is 0. The Hall–Kier alpha value is -2.82. The van der Waals surface area contributed by atoms with Gasteiger partial charge in [-0.05, 0) is 0 Å². The molecule has 120 valence electrons. The molecule has 11 nitrogen and oxygen atoms in total. The van der Waals surface area contributed by atoms with E-state index in [1.807, 2.05) is 0 Å². The number of aldehydes is 4. The topological polar surface area (TPSA) is 182 Å². The summed E-state index contributed by atoms with van der Waals surface area (Å²) in [5.74, 6) is 0. The smallest absolute Gasteiger partial charge is 0.314 e. The third kappa shape index (κ3) is 22.8. The van der Waals surface area contributed by atoms with Crippen molar-refractivity contribution in [2.24, 2.45) is 0 Å². The summed E-state index contributed by atoms with van der Waals surface area (Å²) in [6.45, 7) is 3.11. The average molecular weight is 306 g/mol. The normalized spacial score (nSPS) is 13.1. The molecule has 21 heavy (non-hydrogen) atoms. The number of nitrogens with one attached hydrogen (secondary N) is 4. The standard InChI is InChI=1S/2C3H6N2O.2C2H2O2.H2O/c2*6-3-4-1-2-5-3;2*3-1-2-4;/h2*1-2H2,(H2,4,5,6);2*1-2H;1H2. The fraction of sp³-hybridized carbons (Fsp3) is 0.400. The number of urea groups is 2. The van der Waals surface area contributed by atoms with E-state index in [1.54, 1.807) is 0 Å². The quantitative estimate of drug-likeness (QED) is 0.303. The highest BCUT2D eigenvalue weighted by molar-refractivity contribution is 6.09. The Balaban J connectivity index is -0.000000208. The zero-order chi connectivity index (χ0) is 15.6. The maximum atomic E-state index is 10.0. The van der Waals surface area contributed by atoms with E-state index in [4.69, 9.17) is 19.2 Å². The van der Waals surface area contributed by atoms with E-state index >= 15 is 0 Å². The summed E-state index contributed by atoms with van der Waals surface area (Å²) in [6, 6.07) is -0.0926. The number of hydrogen-bond donors (Lipinski definition) is 4. The Morgan fingerprint density at radius 2 is 0.762 bits per heavy atom. The zero-order valence-electron chi connectivity index (χ0n) is 11.1. The van der Waals surface area contributed by atoms with Gasteiger partial charge in [0.1, 0.15) is 0 Å². The largest absolute Gasteiger partial charge is 0.412 e. The fourth-order valence-corrected chi connectivity index (χ4v) is 0.829. The van der Waals surface area contributed by atoms with Gasteiger partial charge in [-0.3, -0.25) is 19.2 Å². The average Bonchev–Trinajstić information content (AvgIpc) is 3.13. The van der Waals surface area contributed by atoms with Crippen molar-refractivity contribution in [3.8, 4) is 0 Å². The molecule has 0 unspecified atom stereocenters. The third-order valence-electron chi connectivity index (χ3n) is 1.50. The van der Waals surface area contributed by atoms with E-state index in [-0.39, 0.29) is 42.7 Å². The lowest BCUT2D eigenvalue weighted by Gasteiger charge is -1.80. The molecule has 0 bridgehead atoms. The lowest BCUT2D eigenvalue weighted by atomic mass is 10.7. The molecule has 0 spiro atoms. The summed E-state index contributed by atoms with van der Waals surface area (Å²) < 4.78 is 0. The van der Waals surface area contributed by atoms with Gasteiger partial charge in [0.05, 0.1) is 0 Å². The second-order valence-corrected chi connectivity index (χ2v) is 2.91. The van der Waals surface area contributed by atoms with Crippen LogP contribution in [0.15, 0.2) is 0 Å². The second-order valence-electron chi connectivity index (χ2n) is 2.91. The zero-order valence-corrected chi connectivity index (χ0v) is 11.1. The van der Waals surface area contributed by atoms with Crippen molar-refractivity contribution >= 4 is 37.2 Å². The van der Waals surface area contributed by atoms with Crippen LogP contribution < -0.4 is 21.3 Å². The van der Waals surface area contributed by atoms with Crippen LogP contribution in [-0.4, -0.2) is 68.9 Å². The van der Waals surface area contributed by atoms with Gasteiger partial charge in [0, 0.05) is 26.2 Å². The molecule has 0 aromatic rings. The molecule has 11 heteroatoms. The fourth-order valence-electron chi connectivity index (χ4n) is 0.829. The first kappa shape index (κ1) is 23.3. The molecule has 2 heterocycles. The summed E-state index contributed by atoms with van der Waals surface area (Å²) in [7, 11) is 0. The van der Waals surface area contributed by atoms with Gasteiger partial charge >= 0.3 is 12.1 Å². The maximum Gasteiger partial charge on any atom is 0.314 e. The van der Waals surface area contributed by atoms with Crippen molar-refractivity contribution in [3.63, 3.8) is 0 Å². The number of hydrogen-bond acceptors (Lipinski definition) is 6. The molecule has 2 saturated heterocycles. The highest BCUT2D eigenvalue weighted by atomic mass is 16.2. The highest BCUT2D eigenvalue weighted by Crippen LogP contribution is 1.70. The first-order chi connectivity index (χ1) is 9.62. The maximum absolute atomic E-state index is 10.0. The molecule has 0 atom stereocenters. The van der Waals surface area contributed by atoms with Crippen molar-refractivity contribution in [2.45, 2.75) is 0 Å². The Labute approximate surface area is 120 Å². The van der Waals surface area contributed by atoms with Gasteiger partial charge in [0.15, 0.2) is 25.1 Å². The predicted octanol–water partition coefficient (Wildman–Crippen LogP) is -3.46. The SMILES string of the molecule is O.O=C1NCCN1.O=C1NCCN1.O=CC=O.O=CC=O. The van der Waals surface area contributed by atoms with Gasteiger partial charge in [0.2, 0.25) is 0 Å². The van der Waals surface area contributed by atoms with E-state index in [9.17, 15) is 9.59 Å². The van der Waals surface area contributed by atoms with Gasteiger partial charge < -0.3 is 26.7 Å². The molecule has 0 saturated carbocycles. The molecular weight excluding hydrogens is 288 g/mol.